The third-order valence-electron chi connectivity index (χ3n) is 3.16. The lowest BCUT2D eigenvalue weighted by Gasteiger charge is -2.06. The van der Waals surface area contributed by atoms with Crippen LogP contribution in [-0.4, -0.2) is 6.54 Å². The van der Waals surface area contributed by atoms with Crippen molar-refractivity contribution in [3.63, 3.8) is 0 Å². The minimum absolute atomic E-state index is 0.642. The molecular formula is C19H15N. The first-order valence-electron chi connectivity index (χ1n) is 6.69. The maximum absolute atomic E-state index is 3.38. The Kier molecular flexibility index (Phi) is 3.66. The molecule has 3 aromatic carbocycles. The van der Waals surface area contributed by atoms with Crippen LogP contribution in [0.4, 0.5) is 5.69 Å². The Morgan fingerprint density at radius 2 is 1.50 bits per heavy atom. The van der Waals surface area contributed by atoms with Crippen molar-refractivity contribution in [3.8, 4) is 11.8 Å². The molecule has 0 heterocycles. The van der Waals surface area contributed by atoms with Crippen LogP contribution in [0.25, 0.3) is 10.8 Å². The maximum atomic E-state index is 3.38. The first-order valence-corrected chi connectivity index (χ1v) is 6.69. The summed E-state index contributed by atoms with van der Waals surface area (Å²) >= 11 is 0. The van der Waals surface area contributed by atoms with Gasteiger partial charge in [-0.1, -0.05) is 66.4 Å². The number of fused-ring (bicyclic) bond motifs is 1. The monoisotopic (exact) mass is 257 g/mol. The topological polar surface area (TPSA) is 12.0 Å². The molecule has 1 nitrogen and oxygen atoms in total. The van der Waals surface area contributed by atoms with Crippen LogP contribution < -0.4 is 5.32 Å². The Labute approximate surface area is 119 Å². The number of hydrogen-bond acceptors (Lipinski definition) is 1. The average Bonchev–Trinajstić information content (AvgIpc) is 2.53. The molecule has 0 saturated heterocycles. The van der Waals surface area contributed by atoms with Gasteiger partial charge in [-0.25, -0.2) is 0 Å². The van der Waals surface area contributed by atoms with Crippen LogP contribution in [0.1, 0.15) is 5.56 Å². The second-order valence-electron chi connectivity index (χ2n) is 4.55. The number of hydrogen-bond donors (Lipinski definition) is 1. The van der Waals surface area contributed by atoms with Gasteiger partial charge in [-0.05, 0) is 23.6 Å². The summed E-state index contributed by atoms with van der Waals surface area (Å²) in [7, 11) is 0. The van der Waals surface area contributed by atoms with E-state index >= 15 is 0 Å². The standard InChI is InChI=1S/C19H15N/c1-2-8-16(9-3-1)10-7-15-20-19-14-6-12-17-11-4-5-13-18(17)19/h1-6,8-9,11-14,20H,15H2. The molecule has 3 rings (SSSR count). The molecule has 0 atom stereocenters. The normalized spacial score (nSPS) is 9.80. The molecule has 0 amide bonds. The molecule has 0 radical (unpaired) electrons. The van der Waals surface area contributed by atoms with Crippen molar-refractivity contribution in [3.05, 3.63) is 78.4 Å². The average molecular weight is 257 g/mol. The van der Waals surface area contributed by atoms with Gasteiger partial charge in [-0.15, -0.1) is 0 Å². The third-order valence-corrected chi connectivity index (χ3v) is 3.16. The fourth-order valence-corrected chi connectivity index (χ4v) is 2.19. The molecule has 0 spiro atoms. The first kappa shape index (κ1) is 12.3. The minimum Gasteiger partial charge on any atom is -0.374 e. The molecule has 3 aromatic rings. The Balaban J connectivity index is 1.74. The second kappa shape index (κ2) is 5.95. The molecule has 0 saturated carbocycles. The second-order valence-corrected chi connectivity index (χ2v) is 4.55. The first-order chi connectivity index (χ1) is 9.93. The van der Waals surface area contributed by atoms with E-state index in [0.29, 0.717) is 6.54 Å². The molecule has 0 bridgehead atoms. The van der Waals surface area contributed by atoms with Gasteiger partial charge in [0.15, 0.2) is 0 Å². The quantitative estimate of drug-likeness (QED) is 0.675. The summed E-state index contributed by atoms with van der Waals surface area (Å²) in [6.07, 6.45) is 0. The lowest BCUT2D eigenvalue weighted by Crippen LogP contribution is -1.99. The Hall–Kier alpha value is -2.72. The molecule has 1 heteroatoms. The van der Waals surface area contributed by atoms with E-state index in [4.69, 9.17) is 0 Å². The molecule has 0 aromatic heterocycles. The molecular weight excluding hydrogens is 242 g/mol. The van der Waals surface area contributed by atoms with Gasteiger partial charge >= 0.3 is 0 Å². The van der Waals surface area contributed by atoms with Crippen LogP contribution in [0.5, 0.6) is 0 Å². The molecule has 0 aliphatic heterocycles. The van der Waals surface area contributed by atoms with E-state index in [1.807, 2.05) is 30.3 Å². The highest BCUT2D eigenvalue weighted by Crippen LogP contribution is 2.22. The number of nitrogens with one attached hydrogen (secondary N) is 1. The molecule has 0 unspecified atom stereocenters. The zero-order chi connectivity index (χ0) is 13.6. The third kappa shape index (κ3) is 2.81. The van der Waals surface area contributed by atoms with Crippen LogP contribution in [0, 0.1) is 11.8 Å². The number of anilines is 1. The van der Waals surface area contributed by atoms with Crippen LogP contribution in [0.3, 0.4) is 0 Å². The Bertz CT molecular complexity index is 758. The summed E-state index contributed by atoms with van der Waals surface area (Å²) in [5.74, 6) is 6.30. The summed E-state index contributed by atoms with van der Waals surface area (Å²) in [6, 6.07) is 24.7. The van der Waals surface area contributed by atoms with E-state index in [0.717, 1.165) is 11.3 Å². The Morgan fingerprint density at radius 1 is 0.750 bits per heavy atom. The van der Waals surface area contributed by atoms with E-state index in [9.17, 15) is 0 Å². The van der Waals surface area contributed by atoms with E-state index in [1.165, 1.54) is 10.8 Å². The van der Waals surface area contributed by atoms with Crippen molar-refractivity contribution >= 4 is 16.5 Å². The van der Waals surface area contributed by atoms with E-state index < -0.39 is 0 Å². The van der Waals surface area contributed by atoms with Gasteiger partial charge in [-0.3, -0.25) is 0 Å². The SMILES string of the molecule is C(#Cc1ccccc1)CNc1cccc2ccccc12. The van der Waals surface area contributed by atoms with Gasteiger partial charge in [0, 0.05) is 16.6 Å². The summed E-state index contributed by atoms with van der Waals surface area (Å²) in [6.45, 7) is 0.642. The van der Waals surface area contributed by atoms with E-state index in [-0.39, 0.29) is 0 Å². The van der Waals surface area contributed by atoms with Gasteiger partial charge in [0.05, 0.1) is 6.54 Å². The highest BCUT2D eigenvalue weighted by atomic mass is 14.9. The minimum atomic E-state index is 0.642. The van der Waals surface area contributed by atoms with Gasteiger partial charge < -0.3 is 5.32 Å². The van der Waals surface area contributed by atoms with E-state index in [2.05, 4.69) is 59.6 Å². The largest absolute Gasteiger partial charge is 0.374 e. The van der Waals surface area contributed by atoms with Crippen molar-refractivity contribution in [1.29, 1.82) is 0 Å². The maximum Gasteiger partial charge on any atom is 0.0769 e. The van der Waals surface area contributed by atoms with Crippen molar-refractivity contribution in [2.45, 2.75) is 0 Å². The molecule has 0 fully saturated rings. The summed E-state index contributed by atoms with van der Waals surface area (Å²) < 4.78 is 0. The molecule has 96 valence electrons. The van der Waals surface area contributed by atoms with Crippen molar-refractivity contribution in [2.24, 2.45) is 0 Å². The smallest absolute Gasteiger partial charge is 0.0769 e. The van der Waals surface area contributed by atoms with Crippen molar-refractivity contribution in [2.75, 3.05) is 11.9 Å². The summed E-state index contributed by atoms with van der Waals surface area (Å²) in [5.41, 5.74) is 2.18. The van der Waals surface area contributed by atoms with Gasteiger partial charge in [0.2, 0.25) is 0 Å². The fraction of sp³-hybridized carbons (Fsp3) is 0.0526. The lowest BCUT2D eigenvalue weighted by molar-refractivity contribution is 1.39. The molecule has 0 aliphatic carbocycles. The highest BCUT2D eigenvalue weighted by molar-refractivity contribution is 5.93. The number of rotatable bonds is 2. The molecule has 1 N–H and O–H groups in total. The summed E-state index contributed by atoms with van der Waals surface area (Å²) in [5, 5.41) is 5.86. The predicted molar refractivity (Wildman–Crippen MR) is 85.8 cm³/mol. The highest BCUT2D eigenvalue weighted by Gasteiger charge is 1.97. The zero-order valence-electron chi connectivity index (χ0n) is 11.1. The molecule has 20 heavy (non-hydrogen) atoms. The Morgan fingerprint density at radius 3 is 2.40 bits per heavy atom. The zero-order valence-corrected chi connectivity index (χ0v) is 11.1. The van der Waals surface area contributed by atoms with Gasteiger partial charge in [0.25, 0.3) is 0 Å². The van der Waals surface area contributed by atoms with Crippen molar-refractivity contribution in [1.82, 2.24) is 0 Å². The van der Waals surface area contributed by atoms with Crippen molar-refractivity contribution < 1.29 is 0 Å². The summed E-state index contributed by atoms with van der Waals surface area (Å²) in [4.78, 5) is 0. The van der Waals surface area contributed by atoms with E-state index in [1.54, 1.807) is 0 Å². The fourth-order valence-electron chi connectivity index (χ4n) is 2.19. The van der Waals surface area contributed by atoms with Crippen LogP contribution >= 0.6 is 0 Å². The predicted octanol–water partition coefficient (Wildman–Crippen LogP) is 4.30. The van der Waals surface area contributed by atoms with Gasteiger partial charge in [0.1, 0.15) is 0 Å². The molecule has 0 aliphatic rings. The lowest BCUT2D eigenvalue weighted by atomic mass is 10.1. The number of benzene rings is 3. The van der Waals surface area contributed by atoms with Crippen LogP contribution in [0.2, 0.25) is 0 Å². The van der Waals surface area contributed by atoms with Crippen LogP contribution in [-0.2, 0) is 0 Å². The van der Waals surface area contributed by atoms with Gasteiger partial charge in [-0.2, -0.15) is 0 Å². The van der Waals surface area contributed by atoms with Crippen LogP contribution in [0.15, 0.2) is 72.8 Å².